The first-order valence-electron chi connectivity index (χ1n) is 8.34. The second-order valence-corrected chi connectivity index (χ2v) is 5.77. The summed E-state index contributed by atoms with van der Waals surface area (Å²) < 4.78 is 5.55. The molecule has 1 aromatic rings. The third kappa shape index (κ3) is 4.16. The number of unbranched alkanes of at least 4 members (excludes halogenated alkanes) is 1. The highest BCUT2D eigenvalue weighted by molar-refractivity contribution is 5.50. The molecule has 0 spiro atoms. The Morgan fingerprint density at radius 1 is 1.05 bits per heavy atom. The van der Waals surface area contributed by atoms with Gasteiger partial charge in [0, 0.05) is 18.3 Å². The van der Waals surface area contributed by atoms with Crippen molar-refractivity contribution >= 4 is 5.69 Å². The largest absolute Gasteiger partial charge is 0.494 e. The molecule has 20 heavy (non-hydrogen) atoms. The Bertz CT molecular complexity index is 368. The Kier molecular flexibility index (Phi) is 6.23. The van der Waals surface area contributed by atoms with E-state index in [4.69, 9.17) is 4.74 Å². The minimum atomic E-state index is 0.738. The molecule has 1 aliphatic rings. The first kappa shape index (κ1) is 15.2. The van der Waals surface area contributed by atoms with Gasteiger partial charge in [0.25, 0.3) is 0 Å². The fourth-order valence-corrected chi connectivity index (χ4v) is 3.14. The van der Waals surface area contributed by atoms with Crippen LogP contribution in [0, 0.1) is 0 Å². The monoisotopic (exact) mass is 275 g/mol. The number of rotatable bonds is 7. The Hall–Kier alpha value is -1.18. The molecule has 0 atom stereocenters. The Morgan fingerprint density at radius 2 is 1.75 bits per heavy atom. The van der Waals surface area contributed by atoms with Crippen molar-refractivity contribution < 1.29 is 4.74 Å². The summed E-state index contributed by atoms with van der Waals surface area (Å²) in [6, 6.07) is 9.43. The molecule has 0 N–H and O–H groups in total. The van der Waals surface area contributed by atoms with Crippen LogP contribution in [0.1, 0.15) is 58.8 Å². The zero-order chi connectivity index (χ0) is 14.2. The summed E-state index contributed by atoms with van der Waals surface area (Å²) in [5, 5.41) is 0. The molecule has 0 radical (unpaired) electrons. The molecule has 1 saturated carbocycles. The molecule has 2 rings (SSSR count). The van der Waals surface area contributed by atoms with E-state index in [1.54, 1.807) is 0 Å². The molecule has 1 aromatic carbocycles. The zero-order valence-corrected chi connectivity index (χ0v) is 13.1. The average molecular weight is 275 g/mol. The van der Waals surface area contributed by atoms with Crippen LogP contribution in [0.25, 0.3) is 0 Å². The van der Waals surface area contributed by atoms with E-state index in [9.17, 15) is 0 Å². The van der Waals surface area contributed by atoms with E-state index >= 15 is 0 Å². The van der Waals surface area contributed by atoms with Gasteiger partial charge in [-0.1, -0.05) is 32.6 Å². The predicted octanol–water partition coefficient (Wildman–Crippen LogP) is 5.02. The van der Waals surface area contributed by atoms with Crippen LogP contribution in [0.2, 0.25) is 0 Å². The lowest BCUT2D eigenvalue weighted by Gasteiger charge is -2.36. The van der Waals surface area contributed by atoms with E-state index < -0.39 is 0 Å². The van der Waals surface area contributed by atoms with Gasteiger partial charge in [-0.2, -0.15) is 0 Å². The van der Waals surface area contributed by atoms with Gasteiger partial charge in [0.05, 0.1) is 6.61 Å². The molecule has 0 aliphatic heterocycles. The fourth-order valence-electron chi connectivity index (χ4n) is 3.14. The van der Waals surface area contributed by atoms with Crippen molar-refractivity contribution in [2.45, 2.75) is 64.8 Å². The maximum atomic E-state index is 5.55. The summed E-state index contributed by atoms with van der Waals surface area (Å²) in [4.78, 5) is 2.64. The van der Waals surface area contributed by atoms with Crippen molar-refractivity contribution in [2.75, 3.05) is 18.1 Å². The number of hydrogen-bond acceptors (Lipinski definition) is 2. The lowest BCUT2D eigenvalue weighted by molar-refractivity contribution is 0.340. The topological polar surface area (TPSA) is 12.5 Å². The molecule has 2 heteroatoms. The summed E-state index contributed by atoms with van der Waals surface area (Å²) in [6.45, 7) is 6.23. The van der Waals surface area contributed by atoms with Crippen LogP contribution in [0.4, 0.5) is 5.69 Å². The second kappa shape index (κ2) is 8.18. The normalized spacial score (nSPS) is 16.1. The van der Waals surface area contributed by atoms with Gasteiger partial charge in [-0.15, -0.1) is 0 Å². The summed E-state index contributed by atoms with van der Waals surface area (Å²) in [5.74, 6) is 0.982. The highest BCUT2D eigenvalue weighted by atomic mass is 16.5. The minimum Gasteiger partial charge on any atom is -0.494 e. The van der Waals surface area contributed by atoms with Crippen LogP contribution in [-0.2, 0) is 0 Å². The second-order valence-electron chi connectivity index (χ2n) is 5.77. The Morgan fingerprint density at radius 3 is 2.35 bits per heavy atom. The van der Waals surface area contributed by atoms with E-state index in [2.05, 4.69) is 36.1 Å². The van der Waals surface area contributed by atoms with Gasteiger partial charge >= 0.3 is 0 Å². The summed E-state index contributed by atoms with van der Waals surface area (Å²) >= 11 is 0. The maximum Gasteiger partial charge on any atom is 0.119 e. The van der Waals surface area contributed by atoms with Gasteiger partial charge in [0.15, 0.2) is 0 Å². The number of anilines is 1. The van der Waals surface area contributed by atoms with E-state index in [-0.39, 0.29) is 0 Å². The molecule has 0 bridgehead atoms. The van der Waals surface area contributed by atoms with Gasteiger partial charge in [0.1, 0.15) is 5.75 Å². The highest BCUT2D eigenvalue weighted by Gasteiger charge is 2.20. The average Bonchev–Trinajstić information content (AvgIpc) is 2.51. The molecule has 0 heterocycles. The van der Waals surface area contributed by atoms with Crippen molar-refractivity contribution in [2.24, 2.45) is 0 Å². The van der Waals surface area contributed by atoms with Crippen LogP contribution in [-0.4, -0.2) is 19.2 Å². The van der Waals surface area contributed by atoms with Gasteiger partial charge in [-0.25, -0.2) is 0 Å². The van der Waals surface area contributed by atoms with E-state index in [1.807, 2.05) is 6.92 Å². The molecule has 1 fully saturated rings. The van der Waals surface area contributed by atoms with Gasteiger partial charge in [0.2, 0.25) is 0 Å². The lowest BCUT2D eigenvalue weighted by atomic mass is 9.93. The van der Waals surface area contributed by atoms with Crippen LogP contribution >= 0.6 is 0 Å². The van der Waals surface area contributed by atoms with Crippen molar-refractivity contribution in [3.05, 3.63) is 24.3 Å². The summed E-state index contributed by atoms with van der Waals surface area (Å²) in [5.41, 5.74) is 1.37. The predicted molar refractivity (Wildman–Crippen MR) is 86.7 cm³/mol. The zero-order valence-electron chi connectivity index (χ0n) is 13.1. The first-order valence-corrected chi connectivity index (χ1v) is 8.34. The molecule has 1 aliphatic carbocycles. The van der Waals surface area contributed by atoms with Crippen molar-refractivity contribution in [1.82, 2.24) is 0 Å². The molecule has 0 saturated heterocycles. The molecular weight excluding hydrogens is 246 g/mol. The Labute approximate surface area is 124 Å². The summed E-state index contributed by atoms with van der Waals surface area (Å²) in [7, 11) is 0. The van der Waals surface area contributed by atoms with Gasteiger partial charge < -0.3 is 9.64 Å². The number of benzene rings is 1. The van der Waals surface area contributed by atoms with Crippen LogP contribution in [0.15, 0.2) is 24.3 Å². The molecule has 0 aromatic heterocycles. The van der Waals surface area contributed by atoms with Crippen LogP contribution in [0.3, 0.4) is 0 Å². The third-order valence-electron chi connectivity index (χ3n) is 4.25. The fraction of sp³-hybridized carbons (Fsp3) is 0.667. The lowest BCUT2D eigenvalue weighted by Crippen LogP contribution is -2.37. The number of hydrogen-bond donors (Lipinski definition) is 0. The molecule has 0 unspecified atom stereocenters. The molecule has 112 valence electrons. The van der Waals surface area contributed by atoms with Gasteiger partial charge in [-0.3, -0.25) is 0 Å². The third-order valence-corrected chi connectivity index (χ3v) is 4.25. The number of nitrogens with zero attached hydrogens (tertiary/aromatic N) is 1. The van der Waals surface area contributed by atoms with Crippen molar-refractivity contribution in [3.8, 4) is 5.75 Å². The molecule has 0 amide bonds. The Balaban J connectivity index is 2.07. The highest BCUT2D eigenvalue weighted by Crippen LogP contribution is 2.29. The number of ether oxygens (including phenoxy) is 1. The van der Waals surface area contributed by atoms with Crippen LogP contribution < -0.4 is 9.64 Å². The standard InChI is InChI=1S/C18H29NO/c1-3-5-15-19(16-9-7-6-8-10-16)17-11-13-18(14-12-17)20-4-2/h11-14,16H,3-10,15H2,1-2H3. The summed E-state index contributed by atoms with van der Waals surface area (Å²) in [6.07, 6.45) is 9.47. The molecule has 2 nitrogen and oxygen atoms in total. The van der Waals surface area contributed by atoms with Crippen LogP contribution in [0.5, 0.6) is 5.75 Å². The smallest absolute Gasteiger partial charge is 0.119 e. The van der Waals surface area contributed by atoms with E-state index in [0.29, 0.717) is 0 Å². The van der Waals surface area contributed by atoms with Crippen molar-refractivity contribution in [1.29, 1.82) is 0 Å². The molecular formula is C18H29NO. The quantitative estimate of drug-likeness (QED) is 0.692. The SMILES string of the molecule is CCCCN(c1ccc(OCC)cc1)C1CCCCC1. The van der Waals surface area contributed by atoms with E-state index in [0.717, 1.165) is 18.4 Å². The minimum absolute atomic E-state index is 0.738. The van der Waals surface area contributed by atoms with Crippen molar-refractivity contribution in [3.63, 3.8) is 0 Å². The maximum absolute atomic E-state index is 5.55. The van der Waals surface area contributed by atoms with Gasteiger partial charge in [-0.05, 0) is 50.5 Å². The first-order chi connectivity index (χ1) is 9.85. The van der Waals surface area contributed by atoms with E-state index in [1.165, 1.54) is 57.2 Å².